The maximum absolute atomic E-state index is 12.1. The van der Waals surface area contributed by atoms with Crippen LogP contribution in [0.15, 0.2) is 30.0 Å². The maximum Gasteiger partial charge on any atom is 0.263 e. The summed E-state index contributed by atoms with van der Waals surface area (Å²) in [6, 6.07) is 8.60. The number of hydrogen-bond donors (Lipinski definition) is 2. The van der Waals surface area contributed by atoms with Crippen LogP contribution in [0.2, 0.25) is 0 Å². The number of fused-ring (bicyclic) bond motifs is 1. The summed E-state index contributed by atoms with van der Waals surface area (Å²) >= 11 is 0. The lowest BCUT2D eigenvalue weighted by molar-refractivity contribution is -0.117. The predicted molar refractivity (Wildman–Crippen MR) is 102 cm³/mol. The Morgan fingerprint density at radius 1 is 1.35 bits per heavy atom. The summed E-state index contributed by atoms with van der Waals surface area (Å²) in [6.07, 6.45) is 7.08. The second-order valence-corrected chi connectivity index (χ2v) is 6.60. The lowest BCUT2D eigenvalue weighted by Gasteiger charge is -2.19. The first kappa shape index (κ1) is 20.0. The van der Waals surface area contributed by atoms with Gasteiger partial charge in [-0.3, -0.25) is 4.79 Å². The van der Waals surface area contributed by atoms with Crippen LogP contribution in [-0.4, -0.2) is 25.7 Å². The standard InChI is InChI=1S/C21H29N3O2/c1-3-26-12-6-11-23-21(25)20(14-22)15-24-16(2)18-10-9-17-7-4-5-8-19(17)13-18/h9-10,13,15-16,24H,3-8,11-12H2,1-2H3,(H,23,25)/b20-15-. The van der Waals surface area contributed by atoms with Crippen molar-refractivity contribution in [1.29, 1.82) is 5.26 Å². The van der Waals surface area contributed by atoms with E-state index < -0.39 is 0 Å². The molecule has 2 N–H and O–H groups in total. The minimum Gasteiger partial charge on any atom is -0.383 e. The molecule has 1 aliphatic rings. The molecule has 1 unspecified atom stereocenters. The van der Waals surface area contributed by atoms with E-state index in [4.69, 9.17) is 4.74 Å². The number of nitrogens with one attached hydrogen (secondary N) is 2. The van der Waals surface area contributed by atoms with Gasteiger partial charge in [0.25, 0.3) is 5.91 Å². The van der Waals surface area contributed by atoms with Crippen molar-refractivity contribution in [3.05, 3.63) is 46.7 Å². The van der Waals surface area contributed by atoms with E-state index in [0.717, 1.165) is 12.8 Å². The number of amides is 1. The highest BCUT2D eigenvalue weighted by molar-refractivity contribution is 5.97. The zero-order chi connectivity index (χ0) is 18.8. The van der Waals surface area contributed by atoms with E-state index in [0.29, 0.717) is 19.8 Å². The molecule has 0 aromatic heterocycles. The van der Waals surface area contributed by atoms with Gasteiger partial charge in [-0.2, -0.15) is 5.26 Å². The van der Waals surface area contributed by atoms with Crippen LogP contribution in [0.4, 0.5) is 0 Å². The van der Waals surface area contributed by atoms with Crippen LogP contribution in [0, 0.1) is 11.3 Å². The highest BCUT2D eigenvalue weighted by Crippen LogP contribution is 2.24. The number of hydrogen-bond acceptors (Lipinski definition) is 4. The summed E-state index contributed by atoms with van der Waals surface area (Å²) in [5.74, 6) is -0.353. The van der Waals surface area contributed by atoms with Gasteiger partial charge >= 0.3 is 0 Å². The van der Waals surface area contributed by atoms with Crippen LogP contribution in [-0.2, 0) is 22.4 Å². The van der Waals surface area contributed by atoms with Gasteiger partial charge in [0.2, 0.25) is 0 Å². The fourth-order valence-electron chi connectivity index (χ4n) is 3.09. The molecule has 0 saturated heterocycles. The summed E-state index contributed by atoms with van der Waals surface area (Å²) in [7, 11) is 0. The predicted octanol–water partition coefficient (Wildman–Crippen LogP) is 3.17. The van der Waals surface area contributed by atoms with Gasteiger partial charge in [0.15, 0.2) is 0 Å². The van der Waals surface area contributed by atoms with E-state index >= 15 is 0 Å². The molecule has 1 aromatic carbocycles. The first-order valence-corrected chi connectivity index (χ1v) is 9.49. The molecule has 1 amide bonds. The normalized spacial score (nSPS) is 14.9. The maximum atomic E-state index is 12.1. The number of aryl methyl sites for hydroxylation is 2. The molecule has 0 heterocycles. The molecule has 0 saturated carbocycles. The van der Waals surface area contributed by atoms with E-state index in [-0.39, 0.29) is 17.5 Å². The number of carbonyl (C=O) groups excluding carboxylic acids is 1. The molecule has 1 aliphatic carbocycles. The van der Waals surface area contributed by atoms with E-state index in [2.05, 4.69) is 28.8 Å². The second kappa shape index (κ2) is 10.6. The van der Waals surface area contributed by atoms with Gasteiger partial charge < -0.3 is 15.4 Å². The topological polar surface area (TPSA) is 74.1 Å². The molecule has 0 fully saturated rings. The third-order valence-electron chi connectivity index (χ3n) is 4.67. The Kier molecular flexibility index (Phi) is 8.17. The van der Waals surface area contributed by atoms with Crippen molar-refractivity contribution in [3.8, 4) is 6.07 Å². The summed E-state index contributed by atoms with van der Waals surface area (Å²) in [6.45, 7) is 5.75. The average Bonchev–Trinajstić information content (AvgIpc) is 2.67. The number of nitriles is 1. The summed E-state index contributed by atoms with van der Waals surface area (Å²) in [5.41, 5.74) is 4.15. The van der Waals surface area contributed by atoms with Gasteiger partial charge in [0.1, 0.15) is 11.6 Å². The molecule has 1 aromatic rings. The summed E-state index contributed by atoms with van der Waals surface area (Å²) in [4.78, 5) is 12.1. The van der Waals surface area contributed by atoms with Gasteiger partial charge in [-0.1, -0.05) is 18.2 Å². The van der Waals surface area contributed by atoms with Gasteiger partial charge in [-0.15, -0.1) is 0 Å². The molecule has 0 bridgehead atoms. The van der Waals surface area contributed by atoms with Gasteiger partial charge in [-0.25, -0.2) is 0 Å². The van der Waals surface area contributed by atoms with Crippen LogP contribution in [0.5, 0.6) is 0 Å². The molecule has 140 valence electrons. The molecule has 0 spiro atoms. The highest BCUT2D eigenvalue weighted by Gasteiger charge is 2.13. The van der Waals surface area contributed by atoms with Crippen LogP contribution >= 0.6 is 0 Å². The van der Waals surface area contributed by atoms with Crippen LogP contribution < -0.4 is 10.6 Å². The molecular weight excluding hydrogens is 326 g/mol. The summed E-state index contributed by atoms with van der Waals surface area (Å²) < 4.78 is 5.23. The number of ether oxygens (including phenoxy) is 1. The van der Waals surface area contributed by atoms with Crippen molar-refractivity contribution in [2.24, 2.45) is 0 Å². The number of benzene rings is 1. The molecule has 2 rings (SSSR count). The van der Waals surface area contributed by atoms with Crippen molar-refractivity contribution in [1.82, 2.24) is 10.6 Å². The van der Waals surface area contributed by atoms with E-state index in [9.17, 15) is 10.1 Å². The Morgan fingerprint density at radius 3 is 2.85 bits per heavy atom. The van der Waals surface area contributed by atoms with E-state index in [1.54, 1.807) is 0 Å². The largest absolute Gasteiger partial charge is 0.383 e. The van der Waals surface area contributed by atoms with Gasteiger partial charge in [0.05, 0.1) is 0 Å². The summed E-state index contributed by atoms with van der Waals surface area (Å²) in [5, 5.41) is 15.2. The Hall–Kier alpha value is -2.32. The molecular formula is C21H29N3O2. The minimum atomic E-state index is -0.353. The average molecular weight is 355 g/mol. The lowest BCUT2D eigenvalue weighted by Crippen LogP contribution is -2.27. The van der Waals surface area contributed by atoms with Crippen LogP contribution in [0.3, 0.4) is 0 Å². The Bertz CT molecular complexity index is 676. The monoisotopic (exact) mass is 355 g/mol. The molecule has 5 heteroatoms. The lowest BCUT2D eigenvalue weighted by atomic mass is 9.89. The highest BCUT2D eigenvalue weighted by atomic mass is 16.5. The third-order valence-corrected chi connectivity index (χ3v) is 4.67. The molecule has 26 heavy (non-hydrogen) atoms. The molecule has 5 nitrogen and oxygen atoms in total. The Morgan fingerprint density at radius 2 is 2.12 bits per heavy atom. The molecule has 0 aliphatic heterocycles. The van der Waals surface area contributed by atoms with Crippen molar-refractivity contribution in [2.45, 2.75) is 52.0 Å². The van der Waals surface area contributed by atoms with Crippen molar-refractivity contribution in [3.63, 3.8) is 0 Å². The number of rotatable bonds is 9. The Labute approximate surface area is 156 Å². The van der Waals surface area contributed by atoms with E-state index in [1.165, 1.54) is 42.2 Å². The van der Waals surface area contributed by atoms with Crippen LogP contribution in [0.25, 0.3) is 0 Å². The fourth-order valence-corrected chi connectivity index (χ4v) is 3.09. The number of carbonyl (C=O) groups is 1. The van der Waals surface area contributed by atoms with Gasteiger partial charge in [-0.05, 0) is 62.6 Å². The molecule has 0 radical (unpaired) electrons. The van der Waals surface area contributed by atoms with Gasteiger partial charge in [0, 0.05) is 32.0 Å². The second-order valence-electron chi connectivity index (χ2n) is 6.60. The zero-order valence-electron chi connectivity index (χ0n) is 15.8. The quantitative estimate of drug-likeness (QED) is 0.405. The first-order valence-electron chi connectivity index (χ1n) is 9.49. The Balaban J connectivity index is 1.89. The first-order chi connectivity index (χ1) is 12.7. The van der Waals surface area contributed by atoms with E-state index in [1.807, 2.05) is 19.9 Å². The zero-order valence-corrected chi connectivity index (χ0v) is 15.8. The van der Waals surface area contributed by atoms with Crippen molar-refractivity contribution in [2.75, 3.05) is 19.8 Å². The van der Waals surface area contributed by atoms with Crippen molar-refractivity contribution < 1.29 is 9.53 Å². The number of nitrogens with zero attached hydrogens (tertiary/aromatic N) is 1. The van der Waals surface area contributed by atoms with Crippen molar-refractivity contribution >= 4 is 5.91 Å². The van der Waals surface area contributed by atoms with Crippen LogP contribution in [0.1, 0.15) is 55.8 Å². The fraction of sp³-hybridized carbons (Fsp3) is 0.524. The minimum absolute atomic E-state index is 0.0383. The SMILES string of the molecule is CCOCCCNC(=O)/C(C#N)=C\NC(C)c1ccc2c(c1)CCCC2. The smallest absolute Gasteiger partial charge is 0.263 e. The molecule has 1 atom stereocenters. The third kappa shape index (κ3) is 5.89.